The van der Waals surface area contributed by atoms with Crippen molar-refractivity contribution in [2.75, 3.05) is 6.54 Å². The lowest BCUT2D eigenvalue weighted by Gasteiger charge is -2.37. The Balaban J connectivity index is 1.61. The number of hydrogen-bond acceptors (Lipinski definition) is 3. The van der Waals surface area contributed by atoms with E-state index in [-0.39, 0.29) is 18.0 Å². The summed E-state index contributed by atoms with van der Waals surface area (Å²) in [6.45, 7) is 2.25. The van der Waals surface area contributed by atoms with Crippen LogP contribution in [0.25, 0.3) is 0 Å². The molecule has 0 saturated carbocycles. The summed E-state index contributed by atoms with van der Waals surface area (Å²) in [6, 6.07) is 21.5. The minimum atomic E-state index is -1.14. The van der Waals surface area contributed by atoms with Crippen molar-refractivity contribution in [3.8, 4) is 0 Å². The van der Waals surface area contributed by atoms with Crippen molar-refractivity contribution in [2.24, 2.45) is 0 Å². The van der Waals surface area contributed by atoms with Gasteiger partial charge in [0.2, 0.25) is 0 Å². The molecule has 1 aliphatic rings. The van der Waals surface area contributed by atoms with E-state index < -0.39 is 5.72 Å². The Morgan fingerprint density at radius 3 is 1.81 bits per heavy atom. The zero-order chi connectivity index (χ0) is 22.9. The Morgan fingerprint density at radius 2 is 1.34 bits per heavy atom. The maximum atomic E-state index is 12.7. The monoisotopic (exact) mass is 488 g/mol. The fraction of sp³-hybridized carbons (Fsp3) is 0.240. The van der Waals surface area contributed by atoms with Crippen molar-refractivity contribution in [1.29, 1.82) is 0 Å². The van der Waals surface area contributed by atoms with Gasteiger partial charge in [-0.25, -0.2) is 0 Å². The normalized spacial score (nSPS) is 21.1. The topological polar surface area (TPSA) is 52.6 Å². The molecule has 1 saturated heterocycles. The average molecular weight is 490 g/mol. The quantitative estimate of drug-likeness (QED) is 0.466. The second-order valence-electron chi connectivity index (χ2n) is 8.26. The summed E-state index contributed by atoms with van der Waals surface area (Å²) >= 11 is 18.1. The number of nitrogens with zero attached hydrogens (tertiary/aromatic N) is 1. The fourth-order valence-electron chi connectivity index (χ4n) is 4.28. The number of amides is 1. The van der Waals surface area contributed by atoms with Crippen LogP contribution in [0.1, 0.15) is 40.9 Å². The predicted octanol–water partition coefficient (Wildman–Crippen LogP) is 5.95. The first-order chi connectivity index (χ1) is 15.2. The molecular formula is C25H23Cl3N2O2. The van der Waals surface area contributed by atoms with Gasteiger partial charge in [0.15, 0.2) is 0 Å². The van der Waals surface area contributed by atoms with Crippen molar-refractivity contribution in [3.63, 3.8) is 0 Å². The molecule has 1 amide bonds. The molecule has 0 bridgehead atoms. The van der Waals surface area contributed by atoms with Gasteiger partial charge in [0.25, 0.3) is 5.91 Å². The van der Waals surface area contributed by atoms with Crippen LogP contribution in [-0.4, -0.2) is 34.2 Å². The van der Waals surface area contributed by atoms with Gasteiger partial charge in [-0.1, -0.05) is 59.1 Å². The third-order valence-corrected chi connectivity index (χ3v) is 6.55. The largest absolute Gasteiger partial charge is 0.376 e. The van der Waals surface area contributed by atoms with Gasteiger partial charge >= 0.3 is 0 Å². The van der Waals surface area contributed by atoms with E-state index in [0.29, 0.717) is 33.6 Å². The van der Waals surface area contributed by atoms with Gasteiger partial charge in [-0.2, -0.15) is 0 Å². The summed E-state index contributed by atoms with van der Waals surface area (Å²) in [5, 5.41) is 16.3. The fourth-order valence-corrected chi connectivity index (χ4v) is 4.65. The van der Waals surface area contributed by atoms with E-state index in [9.17, 15) is 9.90 Å². The molecule has 1 fully saturated rings. The summed E-state index contributed by atoms with van der Waals surface area (Å²) in [6.07, 6.45) is 0.393. The Hall–Kier alpha value is -2.08. The van der Waals surface area contributed by atoms with Crippen LogP contribution in [0, 0.1) is 0 Å². The van der Waals surface area contributed by atoms with E-state index >= 15 is 0 Å². The molecule has 2 N–H and O–H groups in total. The number of hydrogen-bond donors (Lipinski definition) is 2. The van der Waals surface area contributed by atoms with Crippen molar-refractivity contribution < 1.29 is 9.90 Å². The van der Waals surface area contributed by atoms with Gasteiger partial charge in [-0.15, -0.1) is 0 Å². The molecule has 4 rings (SSSR count). The van der Waals surface area contributed by atoms with Crippen molar-refractivity contribution >= 4 is 40.7 Å². The van der Waals surface area contributed by atoms with E-state index in [1.165, 1.54) is 0 Å². The number of aliphatic hydroxyl groups is 1. The predicted molar refractivity (Wildman–Crippen MR) is 129 cm³/mol. The molecule has 3 aromatic rings. The molecule has 0 radical (unpaired) electrons. The van der Waals surface area contributed by atoms with Crippen molar-refractivity contribution in [3.05, 3.63) is 105 Å². The lowest BCUT2D eigenvalue weighted by Crippen LogP contribution is -2.43. The average Bonchev–Trinajstić information content (AvgIpc) is 3.05. The lowest BCUT2D eigenvalue weighted by molar-refractivity contribution is -0.0795. The lowest BCUT2D eigenvalue weighted by atomic mass is 9.96. The van der Waals surface area contributed by atoms with Gasteiger partial charge in [-0.05, 0) is 66.6 Å². The van der Waals surface area contributed by atoms with Crippen molar-refractivity contribution in [1.82, 2.24) is 10.2 Å². The van der Waals surface area contributed by atoms with Crippen LogP contribution in [0.3, 0.4) is 0 Å². The highest BCUT2D eigenvalue weighted by Gasteiger charge is 2.45. The van der Waals surface area contributed by atoms with Crippen LogP contribution in [0.15, 0.2) is 72.8 Å². The molecule has 4 nitrogen and oxygen atoms in total. The Morgan fingerprint density at radius 1 is 0.906 bits per heavy atom. The number of benzene rings is 3. The van der Waals surface area contributed by atoms with Crippen LogP contribution in [0.2, 0.25) is 15.1 Å². The summed E-state index contributed by atoms with van der Waals surface area (Å²) in [5.74, 6) is -0.196. The molecule has 1 aliphatic heterocycles. The third kappa shape index (κ3) is 5.11. The zero-order valence-corrected chi connectivity index (χ0v) is 19.7. The molecular weight excluding hydrogens is 467 g/mol. The molecule has 0 aliphatic carbocycles. The first kappa shape index (κ1) is 23.1. The molecule has 7 heteroatoms. The van der Waals surface area contributed by atoms with Crippen molar-refractivity contribution in [2.45, 2.75) is 31.2 Å². The molecule has 0 aromatic heterocycles. The zero-order valence-electron chi connectivity index (χ0n) is 17.4. The van der Waals surface area contributed by atoms with Crippen LogP contribution in [-0.2, 0) is 0 Å². The van der Waals surface area contributed by atoms with Gasteiger partial charge in [-0.3, -0.25) is 9.69 Å². The van der Waals surface area contributed by atoms with Gasteiger partial charge in [0, 0.05) is 39.6 Å². The van der Waals surface area contributed by atoms with E-state index in [0.717, 1.165) is 11.1 Å². The van der Waals surface area contributed by atoms with E-state index in [1.54, 1.807) is 31.2 Å². The van der Waals surface area contributed by atoms with Crippen LogP contribution >= 0.6 is 34.8 Å². The second-order valence-corrected chi connectivity index (χ2v) is 9.57. The van der Waals surface area contributed by atoms with Gasteiger partial charge in [0.1, 0.15) is 5.72 Å². The van der Waals surface area contributed by atoms with E-state index in [4.69, 9.17) is 34.8 Å². The second kappa shape index (κ2) is 9.42. The number of halogens is 3. The Bertz CT molecular complexity index is 1040. The summed E-state index contributed by atoms with van der Waals surface area (Å²) in [4.78, 5) is 14.7. The third-order valence-electron chi connectivity index (χ3n) is 5.79. The number of likely N-dealkylation sites (tertiary alicyclic amines) is 1. The first-order valence-electron chi connectivity index (χ1n) is 10.3. The minimum Gasteiger partial charge on any atom is -0.376 e. The summed E-state index contributed by atoms with van der Waals surface area (Å²) in [5.41, 5.74) is 1.37. The maximum absolute atomic E-state index is 12.7. The van der Waals surface area contributed by atoms with Gasteiger partial charge in [0.05, 0.1) is 6.04 Å². The highest BCUT2D eigenvalue weighted by atomic mass is 35.5. The van der Waals surface area contributed by atoms with E-state index in [2.05, 4.69) is 5.32 Å². The molecule has 2 atom stereocenters. The maximum Gasteiger partial charge on any atom is 0.251 e. The summed E-state index contributed by atoms with van der Waals surface area (Å²) < 4.78 is 0. The Labute approximate surface area is 202 Å². The molecule has 32 heavy (non-hydrogen) atoms. The molecule has 0 unspecified atom stereocenters. The minimum absolute atomic E-state index is 0.196. The highest BCUT2D eigenvalue weighted by molar-refractivity contribution is 6.31. The molecule has 3 aromatic carbocycles. The van der Waals surface area contributed by atoms with Crippen LogP contribution in [0.4, 0.5) is 0 Å². The van der Waals surface area contributed by atoms with Crippen LogP contribution < -0.4 is 5.32 Å². The van der Waals surface area contributed by atoms with E-state index in [1.807, 2.05) is 53.4 Å². The Kier molecular flexibility index (Phi) is 6.80. The number of nitrogens with one attached hydrogen (secondary N) is 1. The molecule has 0 spiro atoms. The van der Waals surface area contributed by atoms with Crippen LogP contribution in [0.5, 0.6) is 0 Å². The SMILES string of the molecule is C[C@]1(O)C[C@@H](NC(=O)c2ccc(Cl)cc2)CN1C(c1ccc(Cl)cc1)c1ccc(Cl)cc1. The number of carbonyl (C=O) groups excluding carboxylic acids is 1. The summed E-state index contributed by atoms with van der Waals surface area (Å²) in [7, 11) is 0. The highest BCUT2D eigenvalue weighted by Crippen LogP contribution is 2.39. The molecule has 1 heterocycles. The number of carbonyl (C=O) groups is 1. The standard InChI is InChI=1S/C25H23Cl3N2O2/c1-25(32)14-22(29-24(31)18-6-12-21(28)13-7-18)15-30(25)23(16-2-8-19(26)9-3-16)17-4-10-20(27)11-5-17/h2-13,22-23,32H,14-15H2,1H3,(H,29,31)/t22-,25+/m1/s1. The van der Waals surface area contributed by atoms with Gasteiger partial charge < -0.3 is 10.4 Å². The number of rotatable bonds is 5. The first-order valence-corrected chi connectivity index (χ1v) is 11.4. The smallest absolute Gasteiger partial charge is 0.251 e. The molecule has 166 valence electrons.